The van der Waals surface area contributed by atoms with E-state index >= 15 is 0 Å². The van der Waals surface area contributed by atoms with E-state index in [1.807, 2.05) is 6.92 Å². The van der Waals surface area contributed by atoms with Gasteiger partial charge in [0.1, 0.15) is 11.4 Å². The van der Waals surface area contributed by atoms with Gasteiger partial charge in [0.25, 0.3) is 0 Å². The molecule has 0 amide bonds. The van der Waals surface area contributed by atoms with Crippen LogP contribution in [0, 0.1) is 19.8 Å². The summed E-state index contributed by atoms with van der Waals surface area (Å²) in [6, 6.07) is 1.73. The zero-order valence-corrected chi connectivity index (χ0v) is 17.3. The SMILES string of the molecule is Cc1c(S(N)(=O)=O)cc2c(c1C)OC(C)(CCCC(C)C)CC21COC1. The minimum Gasteiger partial charge on any atom is -0.487 e. The summed E-state index contributed by atoms with van der Waals surface area (Å²) in [5.74, 6) is 1.51. The van der Waals surface area contributed by atoms with Crippen LogP contribution in [0.2, 0.25) is 0 Å². The van der Waals surface area contributed by atoms with Crippen LogP contribution in [0.15, 0.2) is 11.0 Å². The topological polar surface area (TPSA) is 78.6 Å². The van der Waals surface area contributed by atoms with E-state index in [4.69, 9.17) is 14.6 Å². The van der Waals surface area contributed by atoms with Gasteiger partial charge in [0.05, 0.1) is 18.1 Å². The van der Waals surface area contributed by atoms with E-state index < -0.39 is 10.0 Å². The molecule has 0 saturated carbocycles. The third-order valence-corrected chi connectivity index (χ3v) is 7.01. The number of sulfonamides is 1. The van der Waals surface area contributed by atoms with Gasteiger partial charge in [-0.1, -0.05) is 20.3 Å². The van der Waals surface area contributed by atoms with Crippen molar-refractivity contribution < 1.29 is 17.9 Å². The molecule has 1 spiro atoms. The number of nitrogens with two attached hydrogens (primary N) is 1. The van der Waals surface area contributed by atoms with E-state index in [-0.39, 0.29) is 15.9 Å². The molecule has 2 aliphatic heterocycles. The summed E-state index contributed by atoms with van der Waals surface area (Å²) >= 11 is 0. The fourth-order valence-corrected chi connectivity index (χ4v) is 5.27. The predicted molar refractivity (Wildman–Crippen MR) is 102 cm³/mol. The molecule has 26 heavy (non-hydrogen) atoms. The predicted octanol–water partition coefficient (Wildman–Crippen LogP) is 3.59. The van der Waals surface area contributed by atoms with Gasteiger partial charge in [-0.05, 0) is 56.7 Å². The number of primary sulfonamides is 1. The van der Waals surface area contributed by atoms with Gasteiger partial charge in [-0.3, -0.25) is 0 Å². The van der Waals surface area contributed by atoms with E-state index in [2.05, 4.69) is 20.8 Å². The number of rotatable bonds is 5. The Bertz CT molecular complexity index is 812. The van der Waals surface area contributed by atoms with E-state index in [1.165, 1.54) is 6.42 Å². The van der Waals surface area contributed by atoms with Crippen molar-refractivity contribution in [3.05, 3.63) is 22.8 Å². The molecular formula is C20H31NO4S. The molecule has 0 aliphatic carbocycles. The Balaban J connectivity index is 2.04. The van der Waals surface area contributed by atoms with Gasteiger partial charge >= 0.3 is 0 Å². The Morgan fingerprint density at radius 3 is 2.38 bits per heavy atom. The normalized spacial score (nSPS) is 24.3. The Kier molecular flexibility index (Phi) is 4.91. The lowest BCUT2D eigenvalue weighted by atomic mass is 9.67. The van der Waals surface area contributed by atoms with Crippen molar-refractivity contribution in [1.82, 2.24) is 0 Å². The molecule has 146 valence electrons. The zero-order chi connectivity index (χ0) is 19.3. The van der Waals surface area contributed by atoms with E-state index in [0.29, 0.717) is 24.7 Å². The summed E-state index contributed by atoms with van der Waals surface area (Å²) in [5, 5.41) is 5.46. The van der Waals surface area contributed by atoms with Crippen LogP contribution in [0.4, 0.5) is 0 Å². The third kappa shape index (κ3) is 3.39. The third-order valence-electron chi connectivity index (χ3n) is 5.98. The molecule has 1 unspecified atom stereocenters. The average Bonchev–Trinajstić information content (AvgIpc) is 2.47. The second kappa shape index (κ2) is 6.50. The fraction of sp³-hybridized carbons (Fsp3) is 0.700. The minimum absolute atomic E-state index is 0.169. The zero-order valence-electron chi connectivity index (χ0n) is 16.5. The summed E-state index contributed by atoms with van der Waals surface area (Å²) in [7, 11) is -3.77. The molecule has 2 N–H and O–H groups in total. The van der Waals surface area contributed by atoms with Crippen LogP contribution < -0.4 is 9.88 Å². The molecule has 6 heteroatoms. The molecule has 3 rings (SSSR count). The molecule has 1 saturated heterocycles. The van der Waals surface area contributed by atoms with Gasteiger partial charge in [-0.15, -0.1) is 0 Å². The first-order chi connectivity index (χ1) is 12.0. The van der Waals surface area contributed by atoms with E-state index in [9.17, 15) is 8.42 Å². The van der Waals surface area contributed by atoms with Crippen LogP contribution in [-0.2, 0) is 20.2 Å². The number of benzene rings is 1. The van der Waals surface area contributed by atoms with Crippen LogP contribution >= 0.6 is 0 Å². The summed E-state index contributed by atoms with van der Waals surface area (Å²) in [5.41, 5.74) is 2.06. The smallest absolute Gasteiger partial charge is 0.238 e. The van der Waals surface area contributed by atoms with Crippen LogP contribution in [0.5, 0.6) is 5.75 Å². The van der Waals surface area contributed by atoms with Crippen molar-refractivity contribution in [2.24, 2.45) is 11.1 Å². The number of fused-ring (bicyclic) bond motifs is 2. The minimum atomic E-state index is -3.77. The Labute approximate surface area is 157 Å². The lowest BCUT2D eigenvalue weighted by Crippen LogP contribution is -2.56. The molecule has 0 bridgehead atoms. The van der Waals surface area contributed by atoms with Crippen LogP contribution in [0.25, 0.3) is 0 Å². The standard InChI is InChI=1S/C20H31NO4S/c1-13(2)7-6-8-19(5)10-20(11-24-12-20)16-9-17(26(21,22)23)14(3)15(4)18(16)25-19/h9,13H,6-8,10-12H2,1-5H3,(H2,21,22,23). The van der Waals surface area contributed by atoms with Gasteiger partial charge in [-0.25, -0.2) is 13.6 Å². The first-order valence-electron chi connectivity index (χ1n) is 9.42. The lowest BCUT2D eigenvalue weighted by molar-refractivity contribution is -0.112. The Morgan fingerprint density at radius 1 is 1.23 bits per heavy atom. The Hall–Kier alpha value is -1.11. The second-order valence-electron chi connectivity index (χ2n) is 8.83. The van der Waals surface area contributed by atoms with Crippen LogP contribution in [-0.4, -0.2) is 27.2 Å². The number of hydrogen-bond acceptors (Lipinski definition) is 4. The molecule has 1 atom stereocenters. The summed E-state index contributed by atoms with van der Waals surface area (Å²) in [6.07, 6.45) is 4.13. The first-order valence-corrected chi connectivity index (χ1v) is 11.0. The van der Waals surface area contributed by atoms with E-state index in [1.54, 1.807) is 13.0 Å². The molecule has 0 aromatic heterocycles. The largest absolute Gasteiger partial charge is 0.487 e. The second-order valence-corrected chi connectivity index (χ2v) is 10.4. The van der Waals surface area contributed by atoms with Crippen molar-refractivity contribution in [3.8, 4) is 5.75 Å². The molecule has 2 aliphatic rings. The highest BCUT2D eigenvalue weighted by molar-refractivity contribution is 7.89. The van der Waals surface area contributed by atoms with E-state index in [0.717, 1.165) is 36.1 Å². The highest BCUT2D eigenvalue weighted by Crippen LogP contribution is 2.52. The molecule has 5 nitrogen and oxygen atoms in total. The fourth-order valence-electron chi connectivity index (χ4n) is 4.41. The maximum atomic E-state index is 12.0. The Morgan fingerprint density at radius 2 is 1.88 bits per heavy atom. The molecule has 1 aromatic rings. The molecule has 1 fully saturated rings. The van der Waals surface area contributed by atoms with Gasteiger partial charge in [0.2, 0.25) is 10.0 Å². The first kappa shape index (κ1) is 19.6. The molecule has 0 radical (unpaired) electrons. The van der Waals surface area contributed by atoms with Crippen molar-refractivity contribution in [1.29, 1.82) is 0 Å². The summed E-state index contributed by atoms with van der Waals surface area (Å²) in [4.78, 5) is 0.201. The molecular weight excluding hydrogens is 350 g/mol. The highest BCUT2D eigenvalue weighted by atomic mass is 32.2. The number of hydrogen-bond donors (Lipinski definition) is 1. The number of ether oxygens (including phenoxy) is 2. The molecule has 1 aromatic carbocycles. The van der Waals surface area contributed by atoms with Gasteiger partial charge in [0.15, 0.2) is 0 Å². The van der Waals surface area contributed by atoms with Crippen molar-refractivity contribution in [2.75, 3.05) is 13.2 Å². The van der Waals surface area contributed by atoms with Gasteiger partial charge in [0, 0.05) is 17.4 Å². The van der Waals surface area contributed by atoms with Gasteiger partial charge < -0.3 is 9.47 Å². The monoisotopic (exact) mass is 381 g/mol. The average molecular weight is 382 g/mol. The summed E-state index contributed by atoms with van der Waals surface area (Å²) in [6.45, 7) is 11.6. The lowest BCUT2D eigenvalue weighted by Gasteiger charge is -2.52. The van der Waals surface area contributed by atoms with Crippen molar-refractivity contribution in [2.45, 2.75) is 76.2 Å². The van der Waals surface area contributed by atoms with Gasteiger partial charge in [-0.2, -0.15) is 0 Å². The maximum Gasteiger partial charge on any atom is 0.238 e. The molecule has 2 heterocycles. The van der Waals surface area contributed by atoms with Crippen molar-refractivity contribution >= 4 is 10.0 Å². The maximum absolute atomic E-state index is 12.0. The quantitative estimate of drug-likeness (QED) is 0.845. The highest BCUT2D eigenvalue weighted by Gasteiger charge is 2.52. The van der Waals surface area contributed by atoms with Crippen LogP contribution in [0.3, 0.4) is 0 Å². The van der Waals surface area contributed by atoms with Crippen LogP contribution in [0.1, 0.15) is 63.1 Å². The summed E-state index contributed by atoms with van der Waals surface area (Å²) < 4.78 is 36.2. The van der Waals surface area contributed by atoms with Crippen molar-refractivity contribution in [3.63, 3.8) is 0 Å².